The Morgan fingerprint density at radius 3 is 3.00 bits per heavy atom. The number of carbonyl (C=O) groups is 1. The van der Waals surface area contributed by atoms with Crippen LogP contribution in [0.5, 0.6) is 0 Å². The predicted octanol–water partition coefficient (Wildman–Crippen LogP) is 4.55. The second-order valence-corrected chi connectivity index (χ2v) is 6.08. The summed E-state index contributed by atoms with van der Waals surface area (Å²) in [6.07, 6.45) is 3.15. The minimum atomic E-state index is 0.220. The van der Waals surface area contributed by atoms with E-state index in [-0.39, 0.29) is 5.78 Å². The smallest absolute Gasteiger partial charge is 0.172 e. The molecule has 2 aromatic rings. The van der Waals surface area contributed by atoms with Crippen molar-refractivity contribution in [1.29, 1.82) is 0 Å². The van der Waals surface area contributed by atoms with Gasteiger partial charge in [-0.15, -0.1) is 23.1 Å². The highest BCUT2D eigenvalue weighted by molar-refractivity contribution is 7.99. The molecule has 0 saturated carbocycles. The number of hydrogen-bond acceptors (Lipinski definition) is 4. The first-order chi connectivity index (χ1) is 8.77. The van der Waals surface area contributed by atoms with Crippen molar-refractivity contribution in [3.8, 4) is 0 Å². The topological polar surface area (TPSA) is 30.0 Å². The monoisotopic (exact) mass is 297 g/mol. The summed E-state index contributed by atoms with van der Waals surface area (Å²) in [7, 11) is 0. The predicted molar refractivity (Wildman–Crippen MR) is 77.9 cm³/mol. The summed E-state index contributed by atoms with van der Waals surface area (Å²) in [5.74, 6) is 1.08. The number of carbonyl (C=O) groups excluding carboxylic acids is 1. The van der Waals surface area contributed by atoms with Crippen LogP contribution in [0.3, 0.4) is 0 Å². The van der Waals surface area contributed by atoms with Gasteiger partial charge in [-0.1, -0.05) is 17.7 Å². The zero-order chi connectivity index (χ0) is 12.8. The zero-order valence-corrected chi connectivity index (χ0v) is 12.0. The number of nitrogens with zero attached hydrogens (tertiary/aromatic N) is 1. The third-order valence-electron chi connectivity index (χ3n) is 2.31. The van der Waals surface area contributed by atoms with Gasteiger partial charge in [0.25, 0.3) is 0 Å². The second kappa shape index (κ2) is 6.92. The lowest BCUT2D eigenvalue weighted by Crippen LogP contribution is -1.96. The molecule has 5 heteroatoms. The number of thiophene rings is 1. The van der Waals surface area contributed by atoms with Gasteiger partial charge in [0, 0.05) is 12.6 Å². The van der Waals surface area contributed by atoms with Crippen LogP contribution in [0.1, 0.15) is 22.5 Å². The van der Waals surface area contributed by atoms with Gasteiger partial charge < -0.3 is 0 Å². The maximum absolute atomic E-state index is 11.7. The van der Waals surface area contributed by atoms with Crippen molar-refractivity contribution >= 4 is 40.5 Å². The van der Waals surface area contributed by atoms with Gasteiger partial charge in [0.1, 0.15) is 5.03 Å². The van der Waals surface area contributed by atoms with E-state index in [0.29, 0.717) is 11.4 Å². The number of thioether (sulfide) groups is 1. The van der Waals surface area contributed by atoms with Crippen LogP contribution in [0, 0.1) is 0 Å². The Labute approximate surface area is 119 Å². The summed E-state index contributed by atoms with van der Waals surface area (Å²) in [6, 6.07) is 7.41. The average molecular weight is 298 g/mol. The first kappa shape index (κ1) is 13.6. The number of hydrogen-bond donors (Lipinski definition) is 0. The lowest BCUT2D eigenvalue weighted by molar-refractivity contribution is 0.0986. The lowest BCUT2D eigenvalue weighted by atomic mass is 10.2. The lowest BCUT2D eigenvalue weighted by Gasteiger charge is -2.02. The summed E-state index contributed by atoms with van der Waals surface area (Å²) < 4.78 is 0. The van der Waals surface area contributed by atoms with Crippen LogP contribution < -0.4 is 0 Å². The molecule has 2 rings (SSSR count). The molecule has 0 unspecified atom stereocenters. The van der Waals surface area contributed by atoms with Crippen molar-refractivity contribution in [1.82, 2.24) is 4.98 Å². The molecule has 94 valence electrons. The van der Waals surface area contributed by atoms with E-state index in [2.05, 4.69) is 4.98 Å². The first-order valence-electron chi connectivity index (χ1n) is 5.57. The third kappa shape index (κ3) is 3.83. The zero-order valence-electron chi connectivity index (χ0n) is 9.64. The van der Waals surface area contributed by atoms with Gasteiger partial charge in [-0.25, -0.2) is 4.98 Å². The van der Waals surface area contributed by atoms with E-state index < -0.39 is 0 Å². The molecule has 0 atom stereocenters. The molecule has 0 aliphatic rings. The van der Waals surface area contributed by atoms with Crippen LogP contribution >= 0.6 is 34.7 Å². The van der Waals surface area contributed by atoms with E-state index in [0.717, 1.165) is 22.1 Å². The number of halogens is 1. The molecule has 2 aromatic heterocycles. The van der Waals surface area contributed by atoms with Crippen molar-refractivity contribution < 1.29 is 4.79 Å². The van der Waals surface area contributed by atoms with E-state index in [1.54, 1.807) is 18.0 Å². The molecule has 0 spiro atoms. The Kier molecular flexibility index (Phi) is 5.23. The summed E-state index contributed by atoms with van der Waals surface area (Å²) >= 11 is 9.09. The van der Waals surface area contributed by atoms with Crippen LogP contribution in [-0.4, -0.2) is 16.5 Å². The highest BCUT2D eigenvalue weighted by Crippen LogP contribution is 2.25. The van der Waals surface area contributed by atoms with E-state index in [1.807, 2.05) is 29.6 Å². The third-order valence-corrected chi connectivity index (χ3v) is 4.73. The number of aromatic nitrogens is 1. The van der Waals surface area contributed by atoms with Gasteiger partial charge in [-0.3, -0.25) is 4.79 Å². The fraction of sp³-hybridized carbons (Fsp3) is 0.231. The van der Waals surface area contributed by atoms with Crippen LogP contribution in [-0.2, 0) is 0 Å². The molecule has 2 nitrogen and oxygen atoms in total. The quantitative estimate of drug-likeness (QED) is 0.445. The molecule has 0 aromatic carbocycles. The van der Waals surface area contributed by atoms with Gasteiger partial charge in [0.05, 0.1) is 9.90 Å². The van der Waals surface area contributed by atoms with Gasteiger partial charge in [-0.05, 0) is 35.8 Å². The minimum Gasteiger partial charge on any atom is -0.293 e. The highest BCUT2D eigenvalue weighted by atomic mass is 35.5. The summed E-state index contributed by atoms with van der Waals surface area (Å²) in [4.78, 5) is 16.8. The number of ketones is 1. The van der Waals surface area contributed by atoms with Crippen LogP contribution in [0.25, 0.3) is 0 Å². The number of Topliss-reactive ketones (excluding diaryl/α,β-unsaturated/α-hetero) is 1. The van der Waals surface area contributed by atoms with Gasteiger partial charge >= 0.3 is 0 Å². The molecule has 0 amide bonds. The molecule has 0 radical (unpaired) electrons. The maximum atomic E-state index is 11.7. The Bertz CT molecular complexity index is 513. The normalized spacial score (nSPS) is 10.5. The molecule has 18 heavy (non-hydrogen) atoms. The Morgan fingerprint density at radius 1 is 1.39 bits per heavy atom. The van der Waals surface area contributed by atoms with E-state index >= 15 is 0 Å². The molecule has 0 aliphatic carbocycles. The Hall–Kier alpha value is -0.840. The molecule has 0 fully saturated rings. The van der Waals surface area contributed by atoms with E-state index in [1.165, 1.54) is 11.3 Å². The average Bonchev–Trinajstić information content (AvgIpc) is 2.90. The Morgan fingerprint density at radius 2 is 2.28 bits per heavy atom. The molecule has 0 aliphatic heterocycles. The van der Waals surface area contributed by atoms with Gasteiger partial charge in [0.15, 0.2) is 5.78 Å². The van der Waals surface area contributed by atoms with Crippen LogP contribution in [0.15, 0.2) is 40.9 Å². The molecule has 2 heterocycles. The summed E-state index contributed by atoms with van der Waals surface area (Å²) in [6.45, 7) is 0. The number of rotatable bonds is 6. The maximum Gasteiger partial charge on any atom is 0.172 e. The van der Waals surface area contributed by atoms with Crippen molar-refractivity contribution in [2.75, 3.05) is 5.75 Å². The number of pyridine rings is 1. The fourth-order valence-corrected chi connectivity index (χ4v) is 3.24. The first-order valence-corrected chi connectivity index (χ1v) is 7.81. The molecule has 0 saturated heterocycles. The molecule has 0 N–H and O–H groups in total. The SMILES string of the molecule is O=C(CCCSc1ncccc1Cl)c1cccs1. The summed E-state index contributed by atoms with van der Waals surface area (Å²) in [5.41, 5.74) is 0. The van der Waals surface area contributed by atoms with Crippen LogP contribution in [0.4, 0.5) is 0 Å². The summed E-state index contributed by atoms with van der Waals surface area (Å²) in [5, 5.41) is 3.44. The fourth-order valence-electron chi connectivity index (χ4n) is 1.44. The molecule has 0 bridgehead atoms. The van der Waals surface area contributed by atoms with Gasteiger partial charge in [-0.2, -0.15) is 0 Å². The van der Waals surface area contributed by atoms with Crippen molar-refractivity contribution in [3.05, 3.63) is 45.7 Å². The molecular formula is C13H12ClNOS2. The van der Waals surface area contributed by atoms with Crippen molar-refractivity contribution in [2.45, 2.75) is 17.9 Å². The second-order valence-electron chi connectivity index (χ2n) is 3.64. The highest BCUT2D eigenvalue weighted by Gasteiger charge is 2.07. The Balaban J connectivity index is 1.74. The molecular weight excluding hydrogens is 286 g/mol. The standard InChI is InChI=1S/C13H12ClNOS2/c14-10-4-1-7-15-13(10)18-9-2-5-11(16)12-6-3-8-17-12/h1,3-4,6-8H,2,5,9H2. The largest absolute Gasteiger partial charge is 0.293 e. The van der Waals surface area contributed by atoms with Crippen molar-refractivity contribution in [3.63, 3.8) is 0 Å². The van der Waals surface area contributed by atoms with Crippen LogP contribution in [0.2, 0.25) is 5.02 Å². The van der Waals surface area contributed by atoms with E-state index in [9.17, 15) is 4.79 Å². The van der Waals surface area contributed by atoms with E-state index in [4.69, 9.17) is 11.6 Å². The van der Waals surface area contributed by atoms with Gasteiger partial charge in [0.2, 0.25) is 0 Å². The van der Waals surface area contributed by atoms with Crippen molar-refractivity contribution in [2.24, 2.45) is 0 Å². The minimum absolute atomic E-state index is 0.220.